The second-order valence-electron chi connectivity index (χ2n) is 5.88. The van der Waals surface area contributed by atoms with Crippen molar-refractivity contribution in [3.05, 3.63) is 70.8 Å². The molecule has 0 radical (unpaired) electrons. The van der Waals surface area contributed by atoms with Crippen molar-refractivity contribution in [3.63, 3.8) is 0 Å². The first kappa shape index (κ1) is 12.6. The molecular formula is C18H18N2O. The van der Waals surface area contributed by atoms with Crippen molar-refractivity contribution < 1.29 is 4.79 Å². The average molecular weight is 278 g/mol. The number of hydrogen-bond acceptors (Lipinski definition) is 2. The molecule has 2 aliphatic rings. The van der Waals surface area contributed by atoms with Crippen molar-refractivity contribution in [2.45, 2.75) is 24.9 Å². The molecule has 3 heteroatoms. The number of amides is 1. The van der Waals surface area contributed by atoms with E-state index in [9.17, 15) is 4.79 Å². The minimum Gasteiger partial charge on any atom is -0.354 e. The lowest BCUT2D eigenvalue weighted by atomic mass is 9.82. The molecule has 3 nitrogen and oxygen atoms in total. The fourth-order valence-electron chi connectivity index (χ4n) is 3.46. The van der Waals surface area contributed by atoms with Gasteiger partial charge in [0.2, 0.25) is 5.91 Å². The molecule has 1 atom stereocenters. The summed E-state index contributed by atoms with van der Waals surface area (Å²) in [6.45, 7) is 0.722. The third-order valence-corrected chi connectivity index (χ3v) is 4.49. The Hall–Kier alpha value is -2.13. The van der Waals surface area contributed by atoms with Gasteiger partial charge >= 0.3 is 0 Å². The molecule has 1 heterocycles. The van der Waals surface area contributed by atoms with E-state index in [2.05, 4.69) is 59.2 Å². The Morgan fingerprint density at radius 3 is 2.14 bits per heavy atom. The molecule has 21 heavy (non-hydrogen) atoms. The van der Waals surface area contributed by atoms with E-state index >= 15 is 0 Å². The Kier molecular flexibility index (Phi) is 3.00. The number of carbonyl (C=O) groups is 1. The predicted octanol–water partition coefficient (Wildman–Crippen LogP) is 2.16. The van der Waals surface area contributed by atoms with Crippen LogP contribution in [0.3, 0.4) is 0 Å². The summed E-state index contributed by atoms with van der Waals surface area (Å²) in [6, 6.07) is 17.6. The van der Waals surface area contributed by atoms with Gasteiger partial charge in [-0.2, -0.15) is 0 Å². The van der Waals surface area contributed by atoms with E-state index in [0.717, 1.165) is 13.0 Å². The molecule has 1 saturated heterocycles. The molecular weight excluding hydrogens is 260 g/mol. The molecule has 2 aromatic carbocycles. The highest BCUT2D eigenvalue weighted by Gasteiger charge is 2.29. The van der Waals surface area contributed by atoms with Gasteiger partial charge in [0.1, 0.15) is 0 Å². The Balaban J connectivity index is 1.73. The second-order valence-corrected chi connectivity index (χ2v) is 5.88. The number of rotatable bonds is 2. The molecule has 0 saturated carbocycles. The van der Waals surface area contributed by atoms with Gasteiger partial charge in [-0.25, -0.2) is 0 Å². The Labute approximate surface area is 124 Å². The lowest BCUT2D eigenvalue weighted by molar-refractivity contribution is -0.119. The Morgan fingerprint density at radius 1 is 0.952 bits per heavy atom. The van der Waals surface area contributed by atoms with Gasteiger partial charge in [-0.15, -0.1) is 0 Å². The average Bonchev–Trinajstić information content (AvgIpc) is 2.92. The summed E-state index contributed by atoms with van der Waals surface area (Å²) in [7, 11) is 0. The lowest BCUT2D eigenvalue weighted by Gasteiger charge is -2.31. The van der Waals surface area contributed by atoms with Crippen LogP contribution in [0.5, 0.6) is 0 Å². The highest BCUT2D eigenvalue weighted by atomic mass is 16.1. The zero-order valence-corrected chi connectivity index (χ0v) is 11.8. The highest BCUT2D eigenvalue weighted by molar-refractivity contribution is 5.79. The first-order valence-corrected chi connectivity index (χ1v) is 7.49. The lowest BCUT2D eigenvalue weighted by Crippen LogP contribution is -2.37. The van der Waals surface area contributed by atoms with Crippen LogP contribution in [0.4, 0.5) is 0 Å². The van der Waals surface area contributed by atoms with Crippen LogP contribution in [0.15, 0.2) is 48.5 Å². The molecule has 1 aliphatic carbocycles. The van der Waals surface area contributed by atoms with Gasteiger partial charge in [0.05, 0.1) is 6.04 Å². The number of fused-ring (bicyclic) bond motifs is 2. The molecule has 0 aromatic heterocycles. The van der Waals surface area contributed by atoms with Crippen LogP contribution in [0, 0.1) is 0 Å². The minimum atomic E-state index is 0.143. The maximum absolute atomic E-state index is 11.4. The van der Waals surface area contributed by atoms with Gasteiger partial charge in [-0.3, -0.25) is 4.79 Å². The van der Waals surface area contributed by atoms with Crippen LogP contribution in [-0.2, 0) is 11.2 Å². The SMILES string of the molecule is O=C1CC(NC2c3ccccc3Cc3ccccc32)CN1. The van der Waals surface area contributed by atoms with E-state index in [1.54, 1.807) is 0 Å². The molecule has 2 aromatic rings. The van der Waals surface area contributed by atoms with Crippen LogP contribution in [0.1, 0.15) is 34.7 Å². The number of carbonyl (C=O) groups excluding carboxylic acids is 1. The van der Waals surface area contributed by atoms with E-state index in [-0.39, 0.29) is 18.0 Å². The zero-order valence-electron chi connectivity index (χ0n) is 11.8. The van der Waals surface area contributed by atoms with Crippen LogP contribution in [-0.4, -0.2) is 18.5 Å². The zero-order chi connectivity index (χ0) is 14.2. The van der Waals surface area contributed by atoms with E-state index in [0.29, 0.717) is 6.42 Å². The maximum atomic E-state index is 11.4. The molecule has 2 N–H and O–H groups in total. The van der Waals surface area contributed by atoms with Crippen molar-refractivity contribution in [2.75, 3.05) is 6.54 Å². The van der Waals surface area contributed by atoms with Crippen LogP contribution < -0.4 is 10.6 Å². The molecule has 106 valence electrons. The van der Waals surface area contributed by atoms with Crippen molar-refractivity contribution in [1.82, 2.24) is 10.6 Å². The normalized spacial score (nSPS) is 20.8. The van der Waals surface area contributed by atoms with Crippen LogP contribution >= 0.6 is 0 Å². The molecule has 0 bridgehead atoms. The van der Waals surface area contributed by atoms with Crippen molar-refractivity contribution >= 4 is 5.91 Å². The predicted molar refractivity (Wildman–Crippen MR) is 82.1 cm³/mol. The topological polar surface area (TPSA) is 41.1 Å². The minimum absolute atomic E-state index is 0.143. The molecule has 1 amide bonds. The van der Waals surface area contributed by atoms with Crippen LogP contribution in [0.25, 0.3) is 0 Å². The van der Waals surface area contributed by atoms with E-state index in [4.69, 9.17) is 0 Å². The summed E-state index contributed by atoms with van der Waals surface area (Å²) in [4.78, 5) is 11.4. The third kappa shape index (κ3) is 2.24. The van der Waals surface area contributed by atoms with Crippen molar-refractivity contribution in [3.8, 4) is 0 Å². The molecule has 4 rings (SSSR count). The fraction of sp³-hybridized carbons (Fsp3) is 0.278. The van der Waals surface area contributed by atoms with E-state index in [1.165, 1.54) is 22.3 Å². The van der Waals surface area contributed by atoms with Gasteiger partial charge in [0.25, 0.3) is 0 Å². The maximum Gasteiger partial charge on any atom is 0.221 e. The molecule has 1 aliphatic heterocycles. The summed E-state index contributed by atoms with van der Waals surface area (Å²) in [5, 5.41) is 6.58. The molecule has 0 spiro atoms. The summed E-state index contributed by atoms with van der Waals surface area (Å²) in [5.41, 5.74) is 5.45. The summed E-state index contributed by atoms with van der Waals surface area (Å²) >= 11 is 0. The van der Waals surface area contributed by atoms with Gasteiger partial charge in [-0.1, -0.05) is 48.5 Å². The van der Waals surface area contributed by atoms with Crippen LogP contribution in [0.2, 0.25) is 0 Å². The van der Waals surface area contributed by atoms with Crippen molar-refractivity contribution in [1.29, 1.82) is 0 Å². The fourth-order valence-corrected chi connectivity index (χ4v) is 3.46. The summed E-state index contributed by atoms with van der Waals surface area (Å²) in [5.74, 6) is 0.143. The monoisotopic (exact) mass is 278 g/mol. The third-order valence-electron chi connectivity index (χ3n) is 4.49. The largest absolute Gasteiger partial charge is 0.354 e. The smallest absolute Gasteiger partial charge is 0.221 e. The number of nitrogens with one attached hydrogen (secondary N) is 2. The van der Waals surface area contributed by atoms with Crippen molar-refractivity contribution in [2.24, 2.45) is 0 Å². The highest BCUT2D eigenvalue weighted by Crippen LogP contribution is 2.35. The molecule has 1 unspecified atom stereocenters. The van der Waals surface area contributed by atoms with E-state index in [1.807, 2.05) is 0 Å². The molecule has 1 fully saturated rings. The van der Waals surface area contributed by atoms with Gasteiger partial charge in [-0.05, 0) is 28.7 Å². The quantitative estimate of drug-likeness (QED) is 0.884. The first-order chi connectivity index (χ1) is 10.3. The Bertz CT molecular complexity index is 650. The van der Waals surface area contributed by atoms with Gasteiger partial charge in [0.15, 0.2) is 0 Å². The first-order valence-electron chi connectivity index (χ1n) is 7.49. The number of hydrogen-bond donors (Lipinski definition) is 2. The number of benzene rings is 2. The summed E-state index contributed by atoms with van der Waals surface area (Å²) in [6.07, 6.45) is 1.56. The second kappa shape index (κ2) is 5.01. The Morgan fingerprint density at radius 2 is 1.57 bits per heavy atom. The van der Waals surface area contributed by atoms with Gasteiger partial charge < -0.3 is 10.6 Å². The standard InChI is InChI=1S/C18H18N2O/c21-17-10-14(11-19-17)20-18-15-7-3-1-5-12(15)9-13-6-2-4-8-16(13)18/h1-8,14,18,20H,9-11H2,(H,19,21). The van der Waals surface area contributed by atoms with E-state index < -0.39 is 0 Å². The summed E-state index contributed by atoms with van der Waals surface area (Å²) < 4.78 is 0. The van der Waals surface area contributed by atoms with Gasteiger partial charge in [0, 0.05) is 19.0 Å².